The first-order chi connectivity index (χ1) is 14.7. The van der Waals surface area contributed by atoms with Crippen LogP contribution in [0.2, 0.25) is 0 Å². The highest BCUT2D eigenvalue weighted by Gasteiger charge is 2.38. The minimum atomic E-state index is -5.08. The zero-order valence-electron chi connectivity index (χ0n) is 16.5. The lowest BCUT2D eigenvalue weighted by atomic mass is 10.1. The molecule has 2 heterocycles. The number of carboxylic acid groups (broad SMARTS) is 2. The molecule has 8 nitrogen and oxygen atoms in total. The number of aliphatic carboxylic acids is 2. The highest BCUT2D eigenvalue weighted by atomic mass is 19.4. The molecule has 3 N–H and O–H groups in total. The number of piperazine rings is 1. The Morgan fingerprint density at radius 1 is 0.812 bits per heavy atom. The van der Waals surface area contributed by atoms with Gasteiger partial charge in [-0.25, -0.2) is 9.59 Å². The van der Waals surface area contributed by atoms with Crippen molar-refractivity contribution in [3.05, 3.63) is 35.9 Å². The molecule has 0 aliphatic carbocycles. The molecule has 0 spiro atoms. The van der Waals surface area contributed by atoms with Gasteiger partial charge in [-0.2, -0.15) is 26.3 Å². The van der Waals surface area contributed by atoms with E-state index < -0.39 is 24.3 Å². The number of hydrogen-bond donors (Lipinski definition) is 3. The Labute approximate surface area is 178 Å². The number of rotatable bonds is 2. The van der Waals surface area contributed by atoms with Gasteiger partial charge in [0.1, 0.15) is 0 Å². The number of carboxylic acids is 2. The van der Waals surface area contributed by atoms with Gasteiger partial charge in [-0.15, -0.1) is 0 Å². The highest BCUT2D eigenvalue weighted by Crippen LogP contribution is 2.14. The van der Waals surface area contributed by atoms with Crippen LogP contribution in [-0.4, -0.2) is 95.5 Å². The molecular weight excluding hydrogens is 452 g/mol. The molecule has 3 rings (SSSR count). The van der Waals surface area contributed by atoms with E-state index in [2.05, 4.69) is 10.2 Å². The monoisotopic (exact) mass is 473 g/mol. The second-order valence-electron chi connectivity index (χ2n) is 6.61. The molecule has 0 atom stereocenters. The van der Waals surface area contributed by atoms with Gasteiger partial charge in [0.15, 0.2) is 0 Å². The van der Waals surface area contributed by atoms with E-state index >= 15 is 0 Å². The third-order valence-electron chi connectivity index (χ3n) is 4.38. The number of carbonyl (C=O) groups is 3. The lowest BCUT2D eigenvalue weighted by Crippen LogP contribution is -2.62. The second kappa shape index (κ2) is 11.7. The van der Waals surface area contributed by atoms with Crippen molar-refractivity contribution in [1.82, 2.24) is 15.1 Å². The molecule has 32 heavy (non-hydrogen) atoms. The van der Waals surface area contributed by atoms with Gasteiger partial charge in [-0.1, -0.05) is 18.2 Å². The molecule has 0 unspecified atom stereocenters. The topological polar surface area (TPSA) is 110 Å². The van der Waals surface area contributed by atoms with Gasteiger partial charge in [-0.05, 0) is 12.1 Å². The first kappa shape index (κ1) is 27.2. The quantitative estimate of drug-likeness (QED) is 0.561. The maximum absolute atomic E-state index is 12.3. The van der Waals surface area contributed by atoms with Crippen LogP contribution in [0.5, 0.6) is 0 Å². The van der Waals surface area contributed by atoms with Crippen LogP contribution in [0.1, 0.15) is 10.4 Å². The molecule has 14 heteroatoms. The van der Waals surface area contributed by atoms with Crippen LogP contribution in [-0.2, 0) is 9.59 Å². The van der Waals surface area contributed by atoms with E-state index in [1.807, 2.05) is 35.2 Å². The molecule has 2 saturated heterocycles. The summed E-state index contributed by atoms with van der Waals surface area (Å²) in [5.74, 6) is -5.35. The van der Waals surface area contributed by atoms with E-state index in [4.69, 9.17) is 19.8 Å². The van der Waals surface area contributed by atoms with Crippen molar-refractivity contribution in [3.8, 4) is 0 Å². The molecule has 2 aliphatic heterocycles. The molecule has 0 radical (unpaired) electrons. The van der Waals surface area contributed by atoms with Crippen molar-refractivity contribution < 1.29 is 50.9 Å². The van der Waals surface area contributed by atoms with Gasteiger partial charge >= 0.3 is 24.3 Å². The number of halogens is 6. The largest absolute Gasteiger partial charge is 0.490 e. The number of benzene rings is 1. The molecule has 0 saturated carbocycles. The molecule has 1 aromatic rings. The summed E-state index contributed by atoms with van der Waals surface area (Å²) >= 11 is 0. The Morgan fingerprint density at radius 2 is 1.22 bits per heavy atom. The van der Waals surface area contributed by atoms with Crippen LogP contribution in [0.15, 0.2) is 30.3 Å². The Kier molecular flexibility index (Phi) is 9.90. The zero-order chi connectivity index (χ0) is 24.5. The van der Waals surface area contributed by atoms with E-state index in [-0.39, 0.29) is 5.91 Å². The minimum absolute atomic E-state index is 0.169. The van der Waals surface area contributed by atoms with Crippen LogP contribution in [0.4, 0.5) is 26.3 Å². The van der Waals surface area contributed by atoms with Crippen LogP contribution < -0.4 is 5.32 Å². The average molecular weight is 473 g/mol. The fourth-order valence-electron chi connectivity index (χ4n) is 2.59. The SMILES string of the molecule is O=C(O)C(F)(F)F.O=C(O)C(F)(F)F.O=C(c1ccccc1)N1CCN(C2CNC2)CC1. The van der Waals surface area contributed by atoms with Crippen molar-refractivity contribution in [1.29, 1.82) is 0 Å². The van der Waals surface area contributed by atoms with Crippen molar-refractivity contribution in [2.45, 2.75) is 18.4 Å². The number of nitrogens with zero attached hydrogens (tertiary/aromatic N) is 2. The smallest absolute Gasteiger partial charge is 0.475 e. The third-order valence-corrected chi connectivity index (χ3v) is 4.38. The summed E-state index contributed by atoms with van der Waals surface area (Å²) in [6.45, 7) is 5.92. The van der Waals surface area contributed by atoms with Crippen molar-refractivity contribution in [3.63, 3.8) is 0 Å². The third kappa shape index (κ3) is 9.09. The number of alkyl halides is 6. The van der Waals surface area contributed by atoms with Crippen LogP contribution in [0, 0.1) is 0 Å². The number of hydrogen-bond acceptors (Lipinski definition) is 5. The van der Waals surface area contributed by atoms with E-state index in [1.54, 1.807) is 0 Å². The lowest BCUT2D eigenvalue weighted by Gasteiger charge is -2.43. The first-order valence-electron chi connectivity index (χ1n) is 9.12. The highest BCUT2D eigenvalue weighted by molar-refractivity contribution is 5.94. The van der Waals surface area contributed by atoms with Gasteiger partial charge in [0.05, 0.1) is 0 Å². The number of amides is 1. The van der Waals surface area contributed by atoms with Crippen molar-refractivity contribution in [2.24, 2.45) is 0 Å². The fourth-order valence-corrected chi connectivity index (χ4v) is 2.59. The molecule has 180 valence electrons. The summed E-state index contributed by atoms with van der Waals surface area (Å²) in [5.41, 5.74) is 0.802. The normalized spacial score (nSPS) is 17.1. The van der Waals surface area contributed by atoms with Gasteiger partial charge in [0.25, 0.3) is 5.91 Å². The summed E-state index contributed by atoms with van der Waals surface area (Å²) in [6, 6.07) is 10.3. The molecular formula is C18H21F6N3O5. The standard InChI is InChI=1S/C14H19N3O.2C2HF3O2/c18-14(12-4-2-1-3-5-12)17-8-6-16(7-9-17)13-10-15-11-13;2*3-2(4,5)1(6)7/h1-5,13,15H,6-11H2;2*(H,6,7). The Bertz CT molecular complexity index is 737. The van der Waals surface area contributed by atoms with E-state index in [1.165, 1.54) is 0 Å². The van der Waals surface area contributed by atoms with Crippen LogP contribution in [0.25, 0.3) is 0 Å². The summed E-state index contributed by atoms with van der Waals surface area (Å²) in [4.78, 5) is 34.5. The van der Waals surface area contributed by atoms with Gasteiger partial charge in [-0.3, -0.25) is 9.69 Å². The second-order valence-corrected chi connectivity index (χ2v) is 6.61. The Morgan fingerprint density at radius 3 is 1.53 bits per heavy atom. The summed E-state index contributed by atoms with van der Waals surface area (Å²) in [6.07, 6.45) is -10.2. The van der Waals surface area contributed by atoms with Crippen molar-refractivity contribution in [2.75, 3.05) is 39.3 Å². The predicted molar refractivity (Wildman–Crippen MR) is 98.0 cm³/mol. The zero-order valence-corrected chi connectivity index (χ0v) is 16.5. The Balaban J connectivity index is 0.000000305. The molecule has 2 aliphatic rings. The van der Waals surface area contributed by atoms with Crippen molar-refractivity contribution >= 4 is 17.8 Å². The summed E-state index contributed by atoms with van der Waals surface area (Å²) in [7, 11) is 0. The predicted octanol–water partition coefficient (Wildman–Crippen LogP) is 1.68. The van der Waals surface area contributed by atoms with Crippen LogP contribution in [0.3, 0.4) is 0 Å². The lowest BCUT2D eigenvalue weighted by molar-refractivity contribution is -0.193. The first-order valence-corrected chi connectivity index (χ1v) is 9.12. The maximum atomic E-state index is 12.3. The Hall–Kier alpha value is -2.87. The van der Waals surface area contributed by atoms with E-state index in [0.717, 1.165) is 44.8 Å². The molecule has 2 fully saturated rings. The molecule has 0 aromatic heterocycles. The van der Waals surface area contributed by atoms with Gasteiger partial charge in [0, 0.05) is 50.9 Å². The van der Waals surface area contributed by atoms with Gasteiger partial charge in [0.2, 0.25) is 0 Å². The molecule has 1 amide bonds. The fraction of sp³-hybridized carbons (Fsp3) is 0.500. The van der Waals surface area contributed by atoms with E-state index in [9.17, 15) is 31.1 Å². The molecule has 0 bridgehead atoms. The summed E-state index contributed by atoms with van der Waals surface area (Å²) in [5, 5.41) is 17.5. The molecule has 1 aromatic carbocycles. The summed E-state index contributed by atoms with van der Waals surface area (Å²) < 4.78 is 63.5. The van der Waals surface area contributed by atoms with E-state index in [0.29, 0.717) is 6.04 Å². The number of carbonyl (C=O) groups excluding carboxylic acids is 1. The van der Waals surface area contributed by atoms with Gasteiger partial charge < -0.3 is 20.4 Å². The maximum Gasteiger partial charge on any atom is 0.490 e. The van der Waals surface area contributed by atoms with Crippen LogP contribution >= 0.6 is 0 Å². The average Bonchev–Trinajstić information content (AvgIpc) is 2.67. The number of nitrogens with one attached hydrogen (secondary N) is 1. The minimum Gasteiger partial charge on any atom is -0.475 e.